The molecule has 1 aromatic heterocycles. The highest BCUT2D eigenvalue weighted by Gasteiger charge is 2.06. The van der Waals surface area contributed by atoms with Gasteiger partial charge in [0.05, 0.1) is 12.6 Å². The van der Waals surface area contributed by atoms with Crippen molar-refractivity contribution in [2.45, 2.75) is 32.9 Å². The molecule has 16 heavy (non-hydrogen) atoms. The molecule has 0 aliphatic heterocycles. The predicted octanol–water partition coefficient (Wildman–Crippen LogP) is 1.65. The van der Waals surface area contributed by atoms with E-state index >= 15 is 0 Å². The van der Waals surface area contributed by atoms with Crippen molar-refractivity contribution in [2.75, 3.05) is 6.54 Å². The highest BCUT2D eigenvalue weighted by atomic mass is 16.3. The molecular formula is C12H18N2O2. The van der Waals surface area contributed by atoms with Crippen molar-refractivity contribution in [3.05, 3.63) is 23.7 Å². The standard InChI is InChI=1S/C12H18N2O2/c1-9(5-10(2)15)7-14-8-12-4-3-11(6-13)16-12/h3-4,9-10,14-15H,5,7-8H2,1-2H3. The van der Waals surface area contributed by atoms with Crippen LogP contribution >= 0.6 is 0 Å². The third-order valence-electron chi connectivity index (χ3n) is 2.31. The molecule has 0 bridgehead atoms. The fraction of sp³-hybridized carbons (Fsp3) is 0.583. The van der Waals surface area contributed by atoms with E-state index in [9.17, 15) is 5.11 Å². The topological polar surface area (TPSA) is 69.2 Å². The molecule has 1 rings (SSSR count). The summed E-state index contributed by atoms with van der Waals surface area (Å²) in [5.74, 6) is 1.53. The second-order valence-corrected chi connectivity index (χ2v) is 4.20. The van der Waals surface area contributed by atoms with E-state index in [1.165, 1.54) is 0 Å². The molecule has 0 saturated heterocycles. The van der Waals surface area contributed by atoms with Gasteiger partial charge in [-0.1, -0.05) is 6.92 Å². The number of hydrogen-bond donors (Lipinski definition) is 2. The fourth-order valence-electron chi connectivity index (χ4n) is 1.64. The van der Waals surface area contributed by atoms with Gasteiger partial charge in [-0.05, 0) is 37.9 Å². The molecule has 0 saturated carbocycles. The zero-order valence-electron chi connectivity index (χ0n) is 9.73. The van der Waals surface area contributed by atoms with Crippen LogP contribution in [0.1, 0.15) is 31.8 Å². The lowest BCUT2D eigenvalue weighted by Crippen LogP contribution is -2.22. The van der Waals surface area contributed by atoms with Gasteiger partial charge in [-0.3, -0.25) is 0 Å². The van der Waals surface area contributed by atoms with Crippen molar-refractivity contribution in [3.8, 4) is 6.07 Å². The van der Waals surface area contributed by atoms with Crippen molar-refractivity contribution in [1.29, 1.82) is 5.26 Å². The number of aliphatic hydroxyl groups excluding tert-OH is 1. The Balaban J connectivity index is 2.23. The highest BCUT2D eigenvalue weighted by Crippen LogP contribution is 2.07. The van der Waals surface area contributed by atoms with Gasteiger partial charge in [0.15, 0.2) is 0 Å². The summed E-state index contributed by atoms with van der Waals surface area (Å²) in [4.78, 5) is 0. The molecule has 1 heterocycles. The Morgan fingerprint density at radius 1 is 1.50 bits per heavy atom. The molecule has 88 valence electrons. The van der Waals surface area contributed by atoms with E-state index in [2.05, 4.69) is 12.2 Å². The van der Waals surface area contributed by atoms with Gasteiger partial charge in [0.2, 0.25) is 5.76 Å². The third kappa shape index (κ3) is 4.47. The van der Waals surface area contributed by atoms with E-state index in [1.807, 2.05) is 6.07 Å². The molecule has 0 radical (unpaired) electrons. The second kappa shape index (κ2) is 6.31. The minimum atomic E-state index is -0.259. The first-order valence-corrected chi connectivity index (χ1v) is 5.49. The molecule has 0 amide bonds. The lowest BCUT2D eigenvalue weighted by molar-refractivity contribution is 0.163. The van der Waals surface area contributed by atoms with E-state index in [0.29, 0.717) is 18.2 Å². The van der Waals surface area contributed by atoms with Crippen molar-refractivity contribution >= 4 is 0 Å². The zero-order valence-corrected chi connectivity index (χ0v) is 9.73. The molecule has 0 aliphatic carbocycles. The Hall–Kier alpha value is -1.31. The monoisotopic (exact) mass is 222 g/mol. The van der Waals surface area contributed by atoms with Crippen molar-refractivity contribution in [3.63, 3.8) is 0 Å². The molecule has 0 fully saturated rings. The van der Waals surface area contributed by atoms with Crippen LogP contribution in [-0.4, -0.2) is 17.8 Å². The Kier molecular flexibility index (Phi) is 5.03. The summed E-state index contributed by atoms with van der Waals surface area (Å²) in [7, 11) is 0. The lowest BCUT2D eigenvalue weighted by atomic mass is 10.1. The average molecular weight is 222 g/mol. The maximum atomic E-state index is 9.19. The molecule has 0 aromatic carbocycles. The first kappa shape index (κ1) is 12.8. The Labute approximate surface area is 95.9 Å². The Bertz CT molecular complexity index is 352. The van der Waals surface area contributed by atoms with Gasteiger partial charge in [-0.2, -0.15) is 5.26 Å². The first-order valence-electron chi connectivity index (χ1n) is 5.49. The van der Waals surface area contributed by atoms with Gasteiger partial charge in [0.1, 0.15) is 11.8 Å². The van der Waals surface area contributed by atoms with Gasteiger partial charge in [-0.25, -0.2) is 0 Å². The van der Waals surface area contributed by atoms with Crippen LogP contribution in [0.3, 0.4) is 0 Å². The number of aliphatic hydroxyl groups is 1. The van der Waals surface area contributed by atoms with Crippen molar-refractivity contribution in [1.82, 2.24) is 5.32 Å². The van der Waals surface area contributed by atoms with Crippen LogP contribution in [0.2, 0.25) is 0 Å². The normalized spacial score (nSPS) is 14.4. The van der Waals surface area contributed by atoms with Crippen LogP contribution in [0.15, 0.2) is 16.5 Å². The van der Waals surface area contributed by atoms with Crippen molar-refractivity contribution in [2.24, 2.45) is 5.92 Å². The highest BCUT2D eigenvalue weighted by molar-refractivity contribution is 5.18. The lowest BCUT2D eigenvalue weighted by Gasteiger charge is -2.13. The van der Waals surface area contributed by atoms with Gasteiger partial charge in [0, 0.05) is 0 Å². The first-order chi connectivity index (χ1) is 7.61. The molecule has 0 aliphatic rings. The number of hydrogen-bond acceptors (Lipinski definition) is 4. The minimum absolute atomic E-state index is 0.259. The quantitative estimate of drug-likeness (QED) is 0.767. The second-order valence-electron chi connectivity index (χ2n) is 4.20. The van der Waals surface area contributed by atoms with E-state index in [-0.39, 0.29) is 6.10 Å². The summed E-state index contributed by atoms with van der Waals surface area (Å²) in [6.45, 7) is 5.32. The van der Waals surface area contributed by atoms with Crippen LogP contribution in [-0.2, 0) is 6.54 Å². The van der Waals surface area contributed by atoms with E-state index in [1.54, 1.807) is 19.1 Å². The molecule has 1 aromatic rings. The smallest absolute Gasteiger partial charge is 0.203 e. The van der Waals surface area contributed by atoms with Gasteiger partial charge in [-0.15, -0.1) is 0 Å². The molecule has 2 N–H and O–H groups in total. The molecule has 2 atom stereocenters. The van der Waals surface area contributed by atoms with Crippen molar-refractivity contribution < 1.29 is 9.52 Å². The largest absolute Gasteiger partial charge is 0.449 e. The maximum Gasteiger partial charge on any atom is 0.203 e. The predicted molar refractivity (Wildman–Crippen MR) is 60.6 cm³/mol. The third-order valence-corrected chi connectivity index (χ3v) is 2.31. The van der Waals surface area contributed by atoms with Gasteiger partial charge >= 0.3 is 0 Å². The number of furan rings is 1. The van der Waals surface area contributed by atoms with E-state index < -0.39 is 0 Å². The molecule has 2 unspecified atom stereocenters. The number of nitriles is 1. The Morgan fingerprint density at radius 2 is 2.25 bits per heavy atom. The molecular weight excluding hydrogens is 204 g/mol. The van der Waals surface area contributed by atoms with E-state index in [0.717, 1.165) is 18.7 Å². The zero-order chi connectivity index (χ0) is 12.0. The Morgan fingerprint density at radius 3 is 2.81 bits per heavy atom. The fourth-order valence-corrected chi connectivity index (χ4v) is 1.64. The summed E-state index contributed by atoms with van der Waals surface area (Å²) in [6.07, 6.45) is 0.528. The van der Waals surface area contributed by atoms with E-state index in [4.69, 9.17) is 9.68 Å². The molecule has 4 nitrogen and oxygen atoms in total. The van der Waals surface area contributed by atoms with Gasteiger partial charge in [0.25, 0.3) is 0 Å². The van der Waals surface area contributed by atoms with Crippen LogP contribution in [0.25, 0.3) is 0 Å². The number of rotatable bonds is 6. The average Bonchev–Trinajstić information content (AvgIpc) is 2.64. The number of nitrogens with zero attached hydrogens (tertiary/aromatic N) is 1. The maximum absolute atomic E-state index is 9.19. The van der Waals surface area contributed by atoms with Crippen LogP contribution in [0.4, 0.5) is 0 Å². The molecule has 4 heteroatoms. The van der Waals surface area contributed by atoms with Crippen LogP contribution in [0.5, 0.6) is 0 Å². The van der Waals surface area contributed by atoms with Crippen LogP contribution in [0, 0.1) is 17.2 Å². The number of nitrogens with one attached hydrogen (secondary N) is 1. The molecule has 0 spiro atoms. The summed E-state index contributed by atoms with van der Waals surface area (Å²) in [5.41, 5.74) is 0. The summed E-state index contributed by atoms with van der Waals surface area (Å²) in [5, 5.41) is 21.0. The van der Waals surface area contributed by atoms with Gasteiger partial charge < -0.3 is 14.8 Å². The van der Waals surface area contributed by atoms with Crippen LogP contribution < -0.4 is 5.32 Å². The minimum Gasteiger partial charge on any atom is -0.449 e. The summed E-state index contributed by atoms with van der Waals surface area (Å²) < 4.78 is 5.22. The summed E-state index contributed by atoms with van der Waals surface area (Å²) >= 11 is 0. The summed E-state index contributed by atoms with van der Waals surface area (Å²) in [6, 6.07) is 5.40. The SMILES string of the molecule is CC(O)CC(C)CNCc1ccc(C#N)o1.